The van der Waals surface area contributed by atoms with E-state index in [0.717, 1.165) is 5.56 Å². The third kappa shape index (κ3) is 4.09. The van der Waals surface area contributed by atoms with E-state index in [0.29, 0.717) is 32.7 Å². The number of aryl methyl sites for hydroxylation is 1. The lowest BCUT2D eigenvalue weighted by atomic mass is 10.2. The topological polar surface area (TPSA) is 70.7 Å². The van der Waals surface area contributed by atoms with Gasteiger partial charge in [-0.15, -0.1) is 0 Å². The van der Waals surface area contributed by atoms with Crippen LogP contribution in [0.5, 0.6) is 0 Å². The third-order valence-corrected chi connectivity index (χ3v) is 3.52. The highest BCUT2D eigenvalue weighted by atomic mass is 32.2. The first kappa shape index (κ1) is 14.1. The predicted molar refractivity (Wildman–Crippen MR) is 69.2 cm³/mol. The fourth-order valence-electron chi connectivity index (χ4n) is 1.87. The van der Waals surface area contributed by atoms with Crippen LogP contribution in [0, 0.1) is 0 Å². The summed E-state index contributed by atoms with van der Waals surface area (Å²) in [5.41, 5.74) is 0.938. The summed E-state index contributed by atoms with van der Waals surface area (Å²) in [5, 5.41) is 0. The Morgan fingerprint density at radius 2 is 2.00 bits per heavy atom. The summed E-state index contributed by atoms with van der Waals surface area (Å²) in [6, 6.07) is 3.52. The third-order valence-electron chi connectivity index (χ3n) is 2.97. The molecule has 0 aromatic carbocycles. The molecule has 2 rings (SSSR count). The van der Waals surface area contributed by atoms with Crippen LogP contribution in [0.15, 0.2) is 24.5 Å². The van der Waals surface area contributed by atoms with Gasteiger partial charge in [0.25, 0.3) is 0 Å². The molecule has 1 saturated heterocycles. The number of pyridine rings is 1. The van der Waals surface area contributed by atoms with Crippen LogP contribution < -0.4 is 4.57 Å². The number of amides is 1. The number of morpholine rings is 1. The first-order valence-electron chi connectivity index (χ1n) is 6.11. The van der Waals surface area contributed by atoms with Gasteiger partial charge >= 0.3 is 6.03 Å². The SMILES string of the molecule is O=C(N1CCOCC1)[n+]1ccc(CCS(=O)O)cc1. The number of rotatable bonds is 3. The Labute approximate surface area is 114 Å². The van der Waals surface area contributed by atoms with E-state index in [9.17, 15) is 9.00 Å². The minimum absolute atomic E-state index is 0.0689. The van der Waals surface area contributed by atoms with E-state index < -0.39 is 11.1 Å². The van der Waals surface area contributed by atoms with Crippen molar-refractivity contribution in [3.63, 3.8) is 0 Å². The van der Waals surface area contributed by atoms with Gasteiger partial charge < -0.3 is 9.29 Å². The van der Waals surface area contributed by atoms with E-state index in [1.807, 2.05) is 0 Å². The zero-order valence-corrected chi connectivity index (χ0v) is 11.3. The molecule has 2 heterocycles. The predicted octanol–water partition coefficient (Wildman–Crippen LogP) is 0.0386. The number of carbonyl (C=O) groups is 1. The highest BCUT2D eigenvalue weighted by Crippen LogP contribution is 2.00. The minimum Gasteiger partial charge on any atom is -0.373 e. The molecule has 0 saturated carbocycles. The molecule has 6 nitrogen and oxygen atoms in total. The molecule has 7 heteroatoms. The van der Waals surface area contributed by atoms with E-state index in [2.05, 4.69) is 0 Å². The van der Waals surface area contributed by atoms with Crippen molar-refractivity contribution in [1.82, 2.24) is 4.90 Å². The van der Waals surface area contributed by atoms with E-state index in [1.165, 1.54) is 4.57 Å². The first-order valence-corrected chi connectivity index (χ1v) is 7.39. The molecular formula is C12H17N2O4S+. The van der Waals surface area contributed by atoms with Gasteiger partial charge in [-0.1, -0.05) is 0 Å². The Bertz CT molecular complexity index is 457. The quantitative estimate of drug-likeness (QED) is 0.629. The van der Waals surface area contributed by atoms with Crippen LogP contribution in [-0.2, 0) is 22.2 Å². The number of carbonyl (C=O) groups excluding carboxylic acids is 1. The lowest BCUT2D eigenvalue weighted by molar-refractivity contribution is -0.578. The molecule has 1 aromatic heterocycles. The second kappa shape index (κ2) is 6.74. The molecule has 19 heavy (non-hydrogen) atoms. The van der Waals surface area contributed by atoms with Gasteiger partial charge in [0.1, 0.15) is 13.1 Å². The Morgan fingerprint density at radius 1 is 1.37 bits per heavy atom. The Kier molecular flexibility index (Phi) is 5.00. The molecule has 1 N–H and O–H groups in total. The summed E-state index contributed by atoms with van der Waals surface area (Å²) in [7, 11) is 0. The second-order valence-corrected chi connectivity index (χ2v) is 5.32. The molecule has 0 spiro atoms. The molecule has 1 aromatic rings. The maximum Gasteiger partial charge on any atom is 0.498 e. The van der Waals surface area contributed by atoms with E-state index in [-0.39, 0.29) is 11.8 Å². The van der Waals surface area contributed by atoms with E-state index in [1.54, 1.807) is 29.4 Å². The van der Waals surface area contributed by atoms with Crippen LogP contribution >= 0.6 is 0 Å². The van der Waals surface area contributed by atoms with Gasteiger partial charge in [-0.05, 0) is 24.1 Å². The summed E-state index contributed by atoms with van der Waals surface area (Å²) in [6.45, 7) is 2.37. The number of hydrogen-bond acceptors (Lipinski definition) is 3. The Balaban J connectivity index is 1.97. The molecule has 1 amide bonds. The average Bonchev–Trinajstić information content (AvgIpc) is 2.46. The lowest BCUT2D eigenvalue weighted by Crippen LogP contribution is -2.55. The van der Waals surface area contributed by atoms with Gasteiger partial charge in [-0.3, -0.25) is 0 Å². The van der Waals surface area contributed by atoms with Crippen molar-refractivity contribution in [3.8, 4) is 0 Å². The standard InChI is InChI=1S/C12H16N2O4S/c15-12(14-6-8-18-9-7-14)13-4-1-11(2-5-13)3-10-19(16)17/h1-2,4-5H,3,6-10H2/p+1. The van der Waals surface area contributed by atoms with Crippen molar-refractivity contribution in [1.29, 1.82) is 0 Å². The van der Waals surface area contributed by atoms with Crippen LogP contribution in [-0.4, -0.2) is 51.7 Å². The molecule has 1 aliphatic heterocycles. The molecule has 104 valence electrons. The molecule has 1 unspecified atom stereocenters. The Morgan fingerprint density at radius 3 is 2.58 bits per heavy atom. The van der Waals surface area contributed by atoms with Crippen molar-refractivity contribution in [3.05, 3.63) is 30.1 Å². The maximum absolute atomic E-state index is 12.1. The highest BCUT2D eigenvalue weighted by Gasteiger charge is 2.26. The van der Waals surface area contributed by atoms with Crippen LogP contribution in [0.4, 0.5) is 4.79 Å². The average molecular weight is 285 g/mol. The summed E-state index contributed by atoms with van der Waals surface area (Å²) >= 11 is -1.78. The largest absolute Gasteiger partial charge is 0.498 e. The number of aromatic nitrogens is 1. The molecule has 1 atom stereocenters. The van der Waals surface area contributed by atoms with Crippen molar-refractivity contribution >= 4 is 17.1 Å². The summed E-state index contributed by atoms with van der Waals surface area (Å²) in [5.74, 6) is 0.210. The fourth-order valence-corrected chi connectivity index (χ4v) is 2.28. The van der Waals surface area contributed by atoms with Crippen LogP contribution in [0.25, 0.3) is 0 Å². The second-order valence-electron chi connectivity index (χ2n) is 4.27. The molecule has 0 bridgehead atoms. The van der Waals surface area contributed by atoms with Crippen molar-refractivity contribution in [2.75, 3.05) is 32.1 Å². The summed E-state index contributed by atoms with van der Waals surface area (Å²) in [6.07, 6.45) is 3.90. The monoisotopic (exact) mass is 285 g/mol. The molecular weight excluding hydrogens is 268 g/mol. The van der Waals surface area contributed by atoms with Crippen LogP contribution in [0.1, 0.15) is 5.56 Å². The van der Waals surface area contributed by atoms with E-state index in [4.69, 9.17) is 9.29 Å². The zero-order valence-electron chi connectivity index (χ0n) is 10.5. The van der Waals surface area contributed by atoms with Gasteiger partial charge in [0.2, 0.25) is 0 Å². The first-order chi connectivity index (χ1) is 9.16. The number of nitrogens with zero attached hydrogens (tertiary/aromatic N) is 2. The van der Waals surface area contributed by atoms with Crippen molar-refractivity contribution in [2.45, 2.75) is 6.42 Å². The summed E-state index contributed by atoms with van der Waals surface area (Å²) < 4.78 is 26.0. The fraction of sp³-hybridized carbons (Fsp3) is 0.500. The minimum atomic E-state index is -1.78. The lowest BCUT2D eigenvalue weighted by Gasteiger charge is -2.19. The molecule has 0 aliphatic carbocycles. The maximum atomic E-state index is 12.1. The van der Waals surface area contributed by atoms with Gasteiger partial charge in [0, 0.05) is 0 Å². The van der Waals surface area contributed by atoms with Gasteiger partial charge in [-0.25, -0.2) is 9.11 Å². The molecule has 1 aliphatic rings. The summed E-state index contributed by atoms with van der Waals surface area (Å²) in [4.78, 5) is 13.9. The Hall–Kier alpha value is -1.31. The van der Waals surface area contributed by atoms with Gasteiger partial charge in [-0.2, -0.15) is 9.36 Å². The van der Waals surface area contributed by atoms with E-state index >= 15 is 0 Å². The zero-order chi connectivity index (χ0) is 13.7. The van der Waals surface area contributed by atoms with Crippen molar-refractivity contribution < 1.29 is 22.9 Å². The number of ether oxygens (including phenoxy) is 1. The van der Waals surface area contributed by atoms with Crippen molar-refractivity contribution in [2.24, 2.45) is 0 Å². The highest BCUT2D eigenvalue weighted by molar-refractivity contribution is 7.79. The molecule has 1 fully saturated rings. The normalized spacial score (nSPS) is 17.2. The smallest absolute Gasteiger partial charge is 0.373 e. The number of hydrogen-bond donors (Lipinski definition) is 1. The van der Waals surface area contributed by atoms with Crippen LogP contribution in [0.3, 0.4) is 0 Å². The van der Waals surface area contributed by atoms with Gasteiger partial charge in [0.15, 0.2) is 11.1 Å². The van der Waals surface area contributed by atoms with Crippen LogP contribution in [0.2, 0.25) is 0 Å². The van der Waals surface area contributed by atoms with Gasteiger partial charge in [0.05, 0.1) is 31.4 Å². The molecule has 0 radical (unpaired) electrons.